The Balaban J connectivity index is 2.06. The van der Waals surface area contributed by atoms with E-state index in [1.54, 1.807) is 0 Å². The maximum atomic E-state index is 3.67. The van der Waals surface area contributed by atoms with Gasteiger partial charge in [-0.2, -0.15) is 0 Å². The summed E-state index contributed by atoms with van der Waals surface area (Å²) in [6.07, 6.45) is 7.16. The van der Waals surface area contributed by atoms with Gasteiger partial charge in [0.2, 0.25) is 0 Å². The van der Waals surface area contributed by atoms with Gasteiger partial charge in [-0.3, -0.25) is 4.90 Å². The first-order chi connectivity index (χ1) is 6.77. The van der Waals surface area contributed by atoms with E-state index in [4.69, 9.17) is 0 Å². The van der Waals surface area contributed by atoms with Crippen molar-refractivity contribution in [2.45, 2.75) is 57.5 Å². The quantitative estimate of drug-likeness (QED) is 0.690. The van der Waals surface area contributed by atoms with Crippen LogP contribution in [-0.4, -0.2) is 36.1 Å². The Morgan fingerprint density at radius 2 is 2.00 bits per heavy atom. The van der Waals surface area contributed by atoms with E-state index in [-0.39, 0.29) is 0 Å². The molecule has 1 atom stereocenters. The molecule has 2 aliphatic rings. The van der Waals surface area contributed by atoms with E-state index in [2.05, 4.69) is 24.1 Å². The van der Waals surface area contributed by atoms with Crippen LogP contribution in [0.2, 0.25) is 0 Å². The smallest absolute Gasteiger partial charge is 0.0334 e. The molecule has 1 saturated heterocycles. The normalized spacial score (nSPS) is 33.4. The number of likely N-dealkylation sites (N-methyl/N-ethyl adjacent to an activating group) is 1. The number of hydrogen-bond donors (Lipinski definition) is 1. The highest BCUT2D eigenvalue weighted by molar-refractivity contribution is 4.99. The summed E-state index contributed by atoms with van der Waals surface area (Å²) in [4.78, 5) is 2.73. The predicted octanol–water partition coefficient (Wildman–Crippen LogP) is 2.00. The van der Waals surface area contributed by atoms with Crippen LogP contribution < -0.4 is 5.32 Å². The zero-order valence-electron chi connectivity index (χ0n) is 9.68. The molecule has 0 aromatic carbocycles. The van der Waals surface area contributed by atoms with Crippen LogP contribution in [0.5, 0.6) is 0 Å². The van der Waals surface area contributed by atoms with E-state index in [9.17, 15) is 0 Å². The van der Waals surface area contributed by atoms with E-state index in [0.29, 0.717) is 11.6 Å². The average Bonchev–Trinajstić information content (AvgIpc) is 2.23. The summed E-state index contributed by atoms with van der Waals surface area (Å²) in [7, 11) is 0. The summed E-state index contributed by atoms with van der Waals surface area (Å²) in [5.74, 6) is 0. The highest BCUT2D eigenvalue weighted by Gasteiger charge is 2.40. The zero-order chi connectivity index (χ0) is 10.0. The summed E-state index contributed by atoms with van der Waals surface area (Å²) < 4.78 is 0. The fourth-order valence-corrected chi connectivity index (χ4v) is 3.23. The monoisotopic (exact) mass is 196 g/mol. The molecule has 0 aromatic rings. The van der Waals surface area contributed by atoms with Gasteiger partial charge in [-0.1, -0.05) is 26.2 Å². The second-order valence-corrected chi connectivity index (χ2v) is 5.11. The summed E-state index contributed by atoms with van der Waals surface area (Å²) in [5.41, 5.74) is 0.527. The van der Waals surface area contributed by atoms with Gasteiger partial charge in [0.05, 0.1) is 0 Å². The van der Waals surface area contributed by atoms with Crippen molar-refractivity contribution in [1.82, 2.24) is 10.2 Å². The first-order valence-electron chi connectivity index (χ1n) is 6.25. The summed E-state index contributed by atoms with van der Waals surface area (Å²) >= 11 is 0. The molecular formula is C12H24N2. The fourth-order valence-electron chi connectivity index (χ4n) is 3.23. The van der Waals surface area contributed by atoms with Crippen molar-refractivity contribution < 1.29 is 0 Å². The Labute approximate surface area is 88.1 Å². The minimum atomic E-state index is 0.527. The predicted molar refractivity (Wildman–Crippen MR) is 60.5 cm³/mol. The van der Waals surface area contributed by atoms with Gasteiger partial charge in [0, 0.05) is 24.7 Å². The average molecular weight is 196 g/mol. The van der Waals surface area contributed by atoms with Crippen molar-refractivity contribution in [2.75, 3.05) is 19.6 Å². The van der Waals surface area contributed by atoms with E-state index in [1.165, 1.54) is 51.7 Å². The van der Waals surface area contributed by atoms with Crippen LogP contribution >= 0.6 is 0 Å². The molecule has 2 fully saturated rings. The lowest BCUT2D eigenvalue weighted by atomic mass is 9.78. The largest absolute Gasteiger partial charge is 0.311 e. The van der Waals surface area contributed by atoms with Gasteiger partial charge >= 0.3 is 0 Å². The molecule has 1 aliphatic carbocycles. The first-order valence-corrected chi connectivity index (χ1v) is 6.25. The van der Waals surface area contributed by atoms with Crippen molar-refractivity contribution in [3.8, 4) is 0 Å². The van der Waals surface area contributed by atoms with Gasteiger partial charge < -0.3 is 5.32 Å². The molecule has 1 spiro atoms. The standard InChI is InChI=1S/C12H24N2/c1-3-14-9-11(2)13-10-12(14)7-5-4-6-8-12/h11,13H,3-10H2,1-2H3. The lowest BCUT2D eigenvalue weighted by Crippen LogP contribution is -2.64. The van der Waals surface area contributed by atoms with Crippen molar-refractivity contribution in [1.29, 1.82) is 0 Å². The summed E-state index contributed by atoms with van der Waals surface area (Å²) in [5, 5.41) is 3.67. The van der Waals surface area contributed by atoms with Crippen molar-refractivity contribution in [3.05, 3.63) is 0 Å². The zero-order valence-corrected chi connectivity index (χ0v) is 9.68. The van der Waals surface area contributed by atoms with Crippen molar-refractivity contribution >= 4 is 0 Å². The molecule has 1 heterocycles. The highest BCUT2D eigenvalue weighted by Crippen LogP contribution is 2.34. The van der Waals surface area contributed by atoms with Crippen molar-refractivity contribution in [3.63, 3.8) is 0 Å². The van der Waals surface area contributed by atoms with Gasteiger partial charge in [-0.15, -0.1) is 0 Å². The summed E-state index contributed by atoms with van der Waals surface area (Å²) in [6.45, 7) is 8.32. The molecule has 1 N–H and O–H groups in total. The molecule has 0 bridgehead atoms. The molecule has 2 heteroatoms. The van der Waals surface area contributed by atoms with Gasteiger partial charge in [0.15, 0.2) is 0 Å². The number of rotatable bonds is 1. The molecule has 1 aliphatic heterocycles. The third-order valence-electron chi connectivity index (χ3n) is 4.11. The molecule has 82 valence electrons. The lowest BCUT2D eigenvalue weighted by molar-refractivity contribution is 0.0172. The van der Waals surface area contributed by atoms with Crippen LogP contribution in [0.4, 0.5) is 0 Å². The second kappa shape index (κ2) is 4.19. The van der Waals surface area contributed by atoms with E-state index in [1.807, 2.05) is 0 Å². The fraction of sp³-hybridized carbons (Fsp3) is 1.00. The molecule has 2 nitrogen and oxygen atoms in total. The van der Waals surface area contributed by atoms with Gasteiger partial charge in [-0.05, 0) is 26.3 Å². The Kier molecular flexibility index (Phi) is 3.13. The molecule has 1 saturated carbocycles. The molecule has 14 heavy (non-hydrogen) atoms. The molecule has 0 amide bonds. The molecule has 0 radical (unpaired) electrons. The number of nitrogens with zero attached hydrogens (tertiary/aromatic N) is 1. The number of nitrogens with one attached hydrogen (secondary N) is 1. The van der Waals surface area contributed by atoms with Crippen LogP contribution in [0.3, 0.4) is 0 Å². The maximum absolute atomic E-state index is 3.67. The van der Waals surface area contributed by atoms with Crippen molar-refractivity contribution in [2.24, 2.45) is 0 Å². The Morgan fingerprint density at radius 1 is 1.29 bits per heavy atom. The minimum absolute atomic E-state index is 0.527. The Bertz CT molecular complexity index is 185. The SMILES string of the molecule is CCN1CC(C)NCC12CCCCC2. The minimum Gasteiger partial charge on any atom is -0.311 e. The number of hydrogen-bond acceptors (Lipinski definition) is 2. The molecule has 1 unspecified atom stereocenters. The summed E-state index contributed by atoms with van der Waals surface area (Å²) in [6, 6.07) is 0.683. The van der Waals surface area contributed by atoms with Crippen LogP contribution in [0.1, 0.15) is 46.0 Å². The first kappa shape index (κ1) is 10.4. The molecular weight excluding hydrogens is 172 g/mol. The van der Waals surface area contributed by atoms with E-state index >= 15 is 0 Å². The van der Waals surface area contributed by atoms with Crippen LogP contribution in [-0.2, 0) is 0 Å². The lowest BCUT2D eigenvalue weighted by Gasteiger charge is -2.51. The third-order valence-corrected chi connectivity index (χ3v) is 4.11. The van der Waals surface area contributed by atoms with Crippen LogP contribution in [0.15, 0.2) is 0 Å². The highest BCUT2D eigenvalue weighted by atomic mass is 15.3. The molecule has 0 aromatic heterocycles. The Hall–Kier alpha value is -0.0800. The number of piperazine rings is 1. The van der Waals surface area contributed by atoms with Crippen LogP contribution in [0, 0.1) is 0 Å². The van der Waals surface area contributed by atoms with Gasteiger partial charge in [0.1, 0.15) is 0 Å². The van der Waals surface area contributed by atoms with Gasteiger partial charge in [0.25, 0.3) is 0 Å². The van der Waals surface area contributed by atoms with E-state index in [0.717, 1.165) is 0 Å². The van der Waals surface area contributed by atoms with Crippen LogP contribution in [0.25, 0.3) is 0 Å². The van der Waals surface area contributed by atoms with E-state index < -0.39 is 0 Å². The topological polar surface area (TPSA) is 15.3 Å². The van der Waals surface area contributed by atoms with Gasteiger partial charge in [-0.25, -0.2) is 0 Å². The Morgan fingerprint density at radius 3 is 2.64 bits per heavy atom. The third kappa shape index (κ3) is 1.82. The molecule has 2 rings (SSSR count). The second-order valence-electron chi connectivity index (χ2n) is 5.11. The maximum Gasteiger partial charge on any atom is 0.0334 e.